The molecule has 0 spiro atoms. The molecule has 0 radical (unpaired) electrons. The Balaban J connectivity index is 1.43. The lowest BCUT2D eigenvalue weighted by Crippen LogP contribution is -2.28. The molecule has 2 aliphatic rings. The predicted molar refractivity (Wildman–Crippen MR) is 97.4 cm³/mol. The van der Waals surface area contributed by atoms with Crippen LogP contribution in [0.4, 0.5) is 5.00 Å². The molecular formula is C19H18N4O2S. The normalized spacial score (nSPS) is 18.7. The quantitative estimate of drug-likeness (QED) is 0.901. The number of rotatable bonds is 4. The van der Waals surface area contributed by atoms with Crippen LogP contribution in [0.15, 0.2) is 24.4 Å². The van der Waals surface area contributed by atoms with Crippen molar-refractivity contribution < 1.29 is 9.59 Å². The summed E-state index contributed by atoms with van der Waals surface area (Å²) in [5, 5.41) is 13.0. The fraction of sp³-hybridized carbons (Fsp3) is 0.368. The summed E-state index contributed by atoms with van der Waals surface area (Å²) in [5.41, 5.74) is 2.50. The molecule has 0 bridgehead atoms. The van der Waals surface area contributed by atoms with Crippen LogP contribution in [0.25, 0.3) is 0 Å². The number of carbonyl (C=O) groups is 2. The van der Waals surface area contributed by atoms with Gasteiger partial charge in [0.2, 0.25) is 11.8 Å². The summed E-state index contributed by atoms with van der Waals surface area (Å²) in [6, 6.07) is 7.81. The molecule has 1 aliphatic carbocycles. The lowest BCUT2D eigenvalue weighted by molar-refractivity contribution is -0.128. The maximum absolute atomic E-state index is 12.6. The number of hydrogen-bond acceptors (Lipinski definition) is 5. The molecule has 1 saturated heterocycles. The van der Waals surface area contributed by atoms with Gasteiger partial charge in [-0.25, -0.2) is 0 Å². The Morgan fingerprint density at radius 2 is 2.31 bits per heavy atom. The molecule has 0 aromatic carbocycles. The fourth-order valence-corrected chi connectivity index (χ4v) is 4.86. The highest BCUT2D eigenvalue weighted by atomic mass is 32.1. The zero-order chi connectivity index (χ0) is 18.1. The second-order valence-corrected chi connectivity index (χ2v) is 7.76. The topological polar surface area (TPSA) is 86.1 Å². The van der Waals surface area contributed by atoms with Gasteiger partial charge in [0.1, 0.15) is 11.1 Å². The van der Waals surface area contributed by atoms with Gasteiger partial charge >= 0.3 is 0 Å². The molecule has 1 atom stereocenters. The molecule has 2 aromatic heterocycles. The second kappa shape index (κ2) is 6.89. The third-order valence-electron chi connectivity index (χ3n) is 4.93. The maximum atomic E-state index is 12.6. The lowest BCUT2D eigenvalue weighted by atomic mass is 10.1. The summed E-state index contributed by atoms with van der Waals surface area (Å²) >= 11 is 1.50. The monoisotopic (exact) mass is 366 g/mol. The number of amides is 2. The van der Waals surface area contributed by atoms with E-state index in [-0.39, 0.29) is 18.2 Å². The van der Waals surface area contributed by atoms with Crippen LogP contribution in [0, 0.1) is 17.2 Å². The van der Waals surface area contributed by atoms with E-state index in [0.29, 0.717) is 23.7 Å². The zero-order valence-corrected chi connectivity index (χ0v) is 15.0. The number of likely N-dealkylation sites (tertiary alicyclic amines) is 1. The summed E-state index contributed by atoms with van der Waals surface area (Å²) < 4.78 is 0. The molecule has 1 N–H and O–H groups in total. The summed E-state index contributed by atoms with van der Waals surface area (Å²) in [4.78, 5) is 32.0. The number of anilines is 1. The number of thiophene rings is 1. The van der Waals surface area contributed by atoms with Crippen LogP contribution in [-0.2, 0) is 29.0 Å². The van der Waals surface area contributed by atoms with Gasteiger partial charge in [-0.3, -0.25) is 14.6 Å². The number of carbonyl (C=O) groups excluding carboxylic acids is 2. The molecular weight excluding hydrogens is 348 g/mol. The minimum Gasteiger partial charge on any atom is -0.336 e. The molecule has 6 nitrogen and oxygen atoms in total. The fourth-order valence-electron chi connectivity index (χ4n) is 3.61. The van der Waals surface area contributed by atoms with Crippen LogP contribution < -0.4 is 5.32 Å². The van der Waals surface area contributed by atoms with Gasteiger partial charge in [0.15, 0.2) is 0 Å². The molecule has 26 heavy (non-hydrogen) atoms. The smallest absolute Gasteiger partial charge is 0.230 e. The lowest BCUT2D eigenvalue weighted by Gasteiger charge is -2.16. The van der Waals surface area contributed by atoms with Crippen molar-refractivity contribution in [3.63, 3.8) is 0 Å². The Morgan fingerprint density at radius 1 is 1.42 bits per heavy atom. The van der Waals surface area contributed by atoms with Crippen molar-refractivity contribution in [2.75, 3.05) is 11.9 Å². The van der Waals surface area contributed by atoms with Gasteiger partial charge < -0.3 is 10.2 Å². The van der Waals surface area contributed by atoms with Crippen LogP contribution in [0.5, 0.6) is 0 Å². The van der Waals surface area contributed by atoms with Crippen LogP contribution in [0.2, 0.25) is 0 Å². The first-order chi connectivity index (χ1) is 12.7. The summed E-state index contributed by atoms with van der Waals surface area (Å²) in [6.07, 6.45) is 4.85. The Morgan fingerprint density at radius 3 is 3.08 bits per heavy atom. The molecule has 2 amide bonds. The van der Waals surface area contributed by atoms with Gasteiger partial charge in [-0.15, -0.1) is 11.3 Å². The Labute approximate surface area is 155 Å². The molecule has 0 unspecified atom stereocenters. The van der Waals surface area contributed by atoms with Gasteiger partial charge in [-0.1, -0.05) is 6.07 Å². The summed E-state index contributed by atoms with van der Waals surface area (Å²) in [7, 11) is 0. The van der Waals surface area contributed by atoms with Crippen molar-refractivity contribution in [3.05, 3.63) is 46.1 Å². The van der Waals surface area contributed by atoms with Crippen LogP contribution in [-0.4, -0.2) is 28.2 Å². The van der Waals surface area contributed by atoms with E-state index in [1.807, 2.05) is 18.2 Å². The molecule has 132 valence electrons. The summed E-state index contributed by atoms with van der Waals surface area (Å²) in [5.74, 6) is -0.613. The maximum Gasteiger partial charge on any atom is 0.230 e. The molecule has 1 aliphatic heterocycles. The highest BCUT2D eigenvalue weighted by molar-refractivity contribution is 7.16. The van der Waals surface area contributed by atoms with E-state index in [4.69, 9.17) is 0 Å². The van der Waals surface area contributed by atoms with Crippen molar-refractivity contribution in [2.45, 2.75) is 32.2 Å². The first kappa shape index (κ1) is 16.7. The van der Waals surface area contributed by atoms with Crippen molar-refractivity contribution in [3.8, 4) is 6.07 Å². The van der Waals surface area contributed by atoms with E-state index in [2.05, 4.69) is 16.4 Å². The van der Waals surface area contributed by atoms with Crippen molar-refractivity contribution in [2.24, 2.45) is 5.92 Å². The van der Waals surface area contributed by atoms with E-state index in [1.54, 1.807) is 11.1 Å². The van der Waals surface area contributed by atoms with Crippen molar-refractivity contribution in [1.29, 1.82) is 5.26 Å². The van der Waals surface area contributed by atoms with Crippen LogP contribution in [0.3, 0.4) is 0 Å². The first-order valence-corrected chi connectivity index (χ1v) is 9.50. The minimum atomic E-state index is -0.394. The molecule has 7 heteroatoms. The number of nitrogens with zero attached hydrogens (tertiary/aromatic N) is 3. The van der Waals surface area contributed by atoms with E-state index >= 15 is 0 Å². The van der Waals surface area contributed by atoms with E-state index in [0.717, 1.165) is 30.5 Å². The standard InChI is InChI=1S/C19H18N4O2S/c20-9-15-14-5-3-6-16(14)26-19(15)22-18(25)12-8-17(24)23(10-12)11-13-4-1-2-7-21-13/h1-2,4,7,12H,3,5-6,8,10-11H2,(H,22,25)/t12-/m0/s1. The van der Waals surface area contributed by atoms with Crippen molar-refractivity contribution >= 4 is 28.2 Å². The van der Waals surface area contributed by atoms with E-state index < -0.39 is 5.92 Å². The van der Waals surface area contributed by atoms with Crippen LogP contribution >= 0.6 is 11.3 Å². The van der Waals surface area contributed by atoms with Gasteiger partial charge in [0, 0.05) is 24.0 Å². The van der Waals surface area contributed by atoms with Crippen LogP contribution in [0.1, 0.15) is 34.5 Å². The SMILES string of the molecule is N#Cc1c(NC(=O)[C@H]2CC(=O)N(Cc3ccccn3)C2)sc2c1CCC2. The highest BCUT2D eigenvalue weighted by Gasteiger charge is 2.35. The van der Waals surface area contributed by atoms with Gasteiger partial charge in [-0.2, -0.15) is 5.26 Å². The second-order valence-electron chi connectivity index (χ2n) is 6.66. The number of aromatic nitrogens is 1. The number of hydrogen-bond donors (Lipinski definition) is 1. The van der Waals surface area contributed by atoms with Gasteiger partial charge in [0.05, 0.1) is 23.7 Å². The molecule has 2 aromatic rings. The zero-order valence-electron chi connectivity index (χ0n) is 14.2. The predicted octanol–water partition coefficient (Wildman–Crippen LogP) is 2.49. The third-order valence-corrected chi connectivity index (χ3v) is 6.14. The number of nitrogens with one attached hydrogen (secondary N) is 1. The average molecular weight is 366 g/mol. The van der Waals surface area contributed by atoms with E-state index in [9.17, 15) is 14.9 Å². The summed E-state index contributed by atoms with van der Waals surface area (Å²) in [6.45, 7) is 0.800. The molecule has 3 heterocycles. The minimum absolute atomic E-state index is 0.0371. The van der Waals surface area contributed by atoms with Crippen molar-refractivity contribution in [1.82, 2.24) is 9.88 Å². The van der Waals surface area contributed by atoms with E-state index in [1.165, 1.54) is 16.2 Å². The Hall–Kier alpha value is -2.72. The van der Waals surface area contributed by atoms with Gasteiger partial charge in [0.25, 0.3) is 0 Å². The molecule has 1 fully saturated rings. The third kappa shape index (κ3) is 3.08. The highest BCUT2D eigenvalue weighted by Crippen LogP contribution is 2.39. The number of pyridine rings is 1. The first-order valence-electron chi connectivity index (χ1n) is 8.69. The number of aryl methyl sites for hydroxylation is 1. The number of nitriles is 1. The number of fused-ring (bicyclic) bond motifs is 1. The van der Waals surface area contributed by atoms with Gasteiger partial charge in [-0.05, 0) is 37.0 Å². The molecule has 0 saturated carbocycles. The molecule has 4 rings (SSSR count). The Bertz CT molecular complexity index is 900. The Kier molecular flexibility index (Phi) is 4.43. The largest absolute Gasteiger partial charge is 0.336 e. The average Bonchev–Trinajstić information content (AvgIpc) is 3.31.